The molecule has 24 heavy (non-hydrogen) atoms. The fourth-order valence-electron chi connectivity index (χ4n) is 2.22. The second-order valence-corrected chi connectivity index (χ2v) is 5.57. The van der Waals surface area contributed by atoms with Gasteiger partial charge in [-0.3, -0.25) is 0 Å². The summed E-state index contributed by atoms with van der Waals surface area (Å²) >= 11 is 6.03. The van der Waals surface area contributed by atoms with Crippen LogP contribution in [0.5, 0.6) is 0 Å². The lowest BCUT2D eigenvalue weighted by atomic mass is 10.1. The fraction of sp³-hybridized carbons (Fsp3) is 0.0526. The average Bonchev–Trinajstić information content (AvgIpc) is 2.60. The van der Waals surface area contributed by atoms with Crippen LogP contribution in [0.25, 0.3) is 11.3 Å². The number of hydrogen-bond donors (Lipinski definition) is 2. The molecule has 3 rings (SSSR count). The van der Waals surface area contributed by atoms with Crippen LogP contribution in [0.1, 0.15) is 0 Å². The zero-order valence-electron chi connectivity index (χ0n) is 13.0. The van der Waals surface area contributed by atoms with E-state index in [2.05, 4.69) is 27.2 Å². The molecule has 5 heteroatoms. The Balaban J connectivity index is 1.96. The molecule has 0 radical (unpaired) electrons. The van der Waals surface area contributed by atoms with Crippen molar-refractivity contribution in [1.29, 1.82) is 0 Å². The maximum Gasteiger partial charge on any atom is 0.229 e. The average molecular weight is 337 g/mol. The minimum Gasteiger partial charge on any atom is -0.366 e. The molecular weight excluding hydrogens is 320 g/mol. The molecule has 0 saturated heterocycles. The smallest absolute Gasteiger partial charge is 0.229 e. The molecular formula is C19H17ClN4. The highest BCUT2D eigenvalue weighted by atomic mass is 35.5. The van der Waals surface area contributed by atoms with E-state index in [9.17, 15) is 0 Å². The molecule has 0 atom stereocenters. The first-order chi connectivity index (χ1) is 11.7. The summed E-state index contributed by atoms with van der Waals surface area (Å²) in [6, 6.07) is 19.4. The number of hydrogen-bond acceptors (Lipinski definition) is 4. The van der Waals surface area contributed by atoms with E-state index in [-0.39, 0.29) is 0 Å². The summed E-state index contributed by atoms with van der Waals surface area (Å²) in [7, 11) is 0. The first kappa shape index (κ1) is 16.0. The van der Waals surface area contributed by atoms with Crippen molar-refractivity contribution >= 4 is 29.1 Å². The second-order valence-electron chi connectivity index (χ2n) is 5.13. The highest BCUT2D eigenvalue weighted by molar-refractivity contribution is 6.30. The van der Waals surface area contributed by atoms with Crippen molar-refractivity contribution in [2.75, 3.05) is 17.2 Å². The molecule has 0 aliphatic rings. The molecule has 3 aromatic rings. The first-order valence-corrected chi connectivity index (χ1v) is 7.94. The summed E-state index contributed by atoms with van der Waals surface area (Å²) in [5, 5.41) is 7.06. The van der Waals surface area contributed by atoms with Crippen molar-refractivity contribution in [2.45, 2.75) is 0 Å². The van der Waals surface area contributed by atoms with E-state index in [1.165, 1.54) is 0 Å². The standard InChI is InChI=1S/C19H17ClN4/c1-2-11-21-18-13-17(14-7-4-3-5-8-14)23-19(24-18)22-16-10-6-9-15(20)12-16/h2-10,12-13H,1,11H2,(H2,21,22,23,24). The summed E-state index contributed by atoms with van der Waals surface area (Å²) in [4.78, 5) is 9.10. The van der Waals surface area contributed by atoms with Gasteiger partial charge >= 0.3 is 0 Å². The summed E-state index contributed by atoms with van der Waals surface area (Å²) in [5.41, 5.74) is 2.69. The minimum absolute atomic E-state index is 0.505. The van der Waals surface area contributed by atoms with Gasteiger partial charge in [0.15, 0.2) is 0 Å². The van der Waals surface area contributed by atoms with Gasteiger partial charge in [-0.1, -0.05) is 54.1 Å². The SMILES string of the molecule is C=CCNc1cc(-c2ccccc2)nc(Nc2cccc(Cl)c2)n1. The number of benzene rings is 2. The molecule has 0 bridgehead atoms. The van der Waals surface area contributed by atoms with Crippen LogP contribution in [0, 0.1) is 0 Å². The van der Waals surface area contributed by atoms with Crippen LogP contribution in [0.15, 0.2) is 73.3 Å². The van der Waals surface area contributed by atoms with Gasteiger partial charge in [-0.05, 0) is 18.2 Å². The largest absolute Gasteiger partial charge is 0.366 e. The van der Waals surface area contributed by atoms with Gasteiger partial charge < -0.3 is 10.6 Å². The Hall–Kier alpha value is -2.85. The normalized spacial score (nSPS) is 10.2. The zero-order chi connectivity index (χ0) is 16.8. The lowest BCUT2D eigenvalue weighted by molar-refractivity contribution is 1.14. The summed E-state index contributed by atoms with van der Waals surface area (Å²) < 4.78 is 0. The van der Waals surface area contributed by atoms with Crippen LogP contribution in [-0.2, 0) is 0 Å². The third-order valence-corrected chi connectivity index (χ3v) is 3.54. The van der Waals surface area contributed by atoms with E-state index in [1.54, 1.807) is 6.08 Å². The van der Waals surface area contributed by atoms with E-state index in [0.29, 0.717) is 17.5 Å². The monoisotopic (exact) mass is 336 g/mol. The molecule has 2 N–H and O–H groups in total. The van der Waals surface area contributed by atoms with Crippen LogP contribution >= 0.6 is 11.6 Å². The topological polar surface area (TPSA) is 49.8 Å². The third-order valence-electron chi connectivity index (χ3n) is 3.30. The molecule has 1 aromatic heterocycles. The van der Waals surface area contributed by atoms with Crippen LogP contribution in [0.4, 0.5) is 17.5 Å². The molecule has 0 aliphatic heterocycles. The van der Waals surface area contributed by atoms with Gasteiger partial charge in [0.05, 0.1) is 5.69 Å². The van der Waals surface area contributed by atoms with Crippen LogP contribution < -0.4 is 10.6 Å². The summed E-state index contributed by atoms with van der Waals surface area (Å²) in [6.07, 6.45) is 1.79. The highest BCUT2D eigenvalue weighted by Crippen LogP contribution is 2.24. The number of halogens is 1. The van der Waals surface area contributed by atoms with Crippen LogP contribution in [-0.4, -0.2) is 16.5 Å². The molecule has 0 fully saturated rings. The molecule has 0 aliphatic carbocycles. The highest BCUT2D eigenvalue weighted by Gasteiger charge is 2.07. The van der Waals surface area contributed by atoms with Crippen molar-refractivity contribution in [3.05, 3.63) is 78.3 Å². The second kappa shape index (κ2) is 7.62. The predicted molar refractivity (Wildman–Crippen MR) is 101 cm³/mol. The molecule has 0 unspecified atom stereocenters. The predicted octanol–water partition coefficient (Wildman–Crippen LogP) is 5.14. The lowest BCUT2D eigenvalue weighted by Gasteiger charge is -2.11. The number of aromatic nitrogens is 2. The summed E-state index contributed by atoms with van der Waals surface area (Å²) in [5.74, 6) is 1.23. The molecule has 4 nitrogen and oxygen atoms in total. The van der Waals surface area contributed by atoms with Crippen LogP contribution in [0.2, 0.25) is 5.02 Å². The van der Waals surface area contributed by atoms with Gasteiger partial charge in [0.25, 0.3) is 0 Å². The van der Waals surface area contributed by atoms with Crippen molar-refractivity contribution in [2.24, 2.45) is 0 Å². The van der Waals surface area contributed by atoms with E-state index in [4.69, 9.17) is 11.6 Å². The van der Waals surface area contributed by atoms with E-state index < -0.39 is 0 Å². The minimum atomic E-state index is 0.505. The van der Waals surface area contributed by atoms with E-state index >= 15 is 0 Å². The lowest BCUT2D eigenvalue weighted by Crippen LogP contribution is -2.05. The van der Waals surface area contributed by atoms with Gasteiger partial charge in [-0.2, -0.15) is 4.98 Å². The Kier molecular flexibility index (Phi) is 5.08. The van der Waals surface area contributed by atoms with Gasteiger partial charge in [0, 0.05) is 28.9 Å². The zero-order valence-corrected chi connectivity index (χ0v) is 13.8. The fourth-order valence-corrected chi connectivity index (χ4v) is 2.41. The van der Waals surface area contributed by atoms with Crippen molar-refractivity contribution < 1.29 is 0 Å². The Bertz CT molecular complexity index is 834. The van der Waals surface area contributed by atoms with Gasteiger partial charge in [-0.25, -0.2) is 4.98 Å². The summed E-state index contributed by atoms with van der Waals surface area (Å²) in [6.45, 7) is 4.35. The molecule has 2 aromatic carbocycles. The molecule has 0 spiro atoms. The molecule has 0 amide bonds. The molecule has 120 valence electrons. The van der Waals surface area contributed by atoms with Crippen LogP contribution in [0.3, 0.4) is 0 Å². The Morgan fingerprint density at radius 1 is 1.00 bits per heavy atom. The maximum absolute atomic E-state index is 6.03. The van der Waals surface area contributed by atoms with Crippen molar-refractivity contribution in [3.63, 3.8) is 0 Å². The van der Waals surface area contributed by atoms with Gasteiger partial charge in [0.2, 0.25) is 5.95 Å². The van der Waals surface area contributed by atoms with E-state index in [0.717, 1.165) is 22.8 Å². The number of nitrogens with one attached hydrogen (secondary N) is 2. The van der Waals surface area contributed by atoms with Crippen molar-refractivity contribution in [1.82, 2.24) is 9.97 Å². The Morgan fingerprint density at radius 2 is 1.83 bits per heavy atom. The number of anilines is 3. The quantitative estimate of drug-likeness (QED) is 0.612. The van der Waals surface area contributed by atoms with E-state index in [1.807, 2.05) is 60.7 Å². The van der Waals surface area contributed by atoms with Gasteiger partial charge in [-0.15, -0.1) is 6.58 Å². The Morgan fingerprint density at radius 3 is 2.58 bits per heavy atom. The molecule has 1 heterocycles. The Labute approximate surface area is 146 Å². The first-order valence-electron chi connectivity index (χ1n) is 7.56. The third kappa shape index (κ3) is 4.12. The number of nitrogens with zero attached hydrogens (tertiary/aromatic N) is 2. The number of rotatable bonds is 6. The van der Waals surface area contributed by atoms with Gasteiger partial charge in [0.1, 0.15) is 5.82 Å². The maximum atomic E-state index is 6.03. The van der Waals surface area contributed by atoms with Crippen molar-refractivity contribution in [3.8, 4) is 11.3 Å². The molecule has 0 saturated carbocycles.